The third kappa shape index (κ3) is 5.11. The quantitative estimate of drug-likeness (QED) is 0.801. The lowest BCUT2D eigenvalue weighted by atomic mass is 10.2. The molecule has 1 aromatic carbocycles. The highest BCUT2D eigenvalue weighted by molar-refractivity contribution is 6.31. The van der Waals surface area contributed by atoms with Gasteiger partial charge < -0.3 is 15.2 Å². The molecule has 0 saturated heterocycles. The first-order chi connectivity index (χ1) is 9.25. The molecule has 1 aromatic rings. The number of nitrogens with two attached hydrogens (primary N) is 1. The second-order valence-corrected chi connectivity index (χ2v) is 5.68. The van der Waals surface area contributed by atoms with Crippen molar-refractivity contribution in [1.29, 1.82) is 0 Å². The fraction of sp³-hybridized carbons (Fsp3) is 0.600. The molecule has 0 heterocycles. The van der Waals surface area contributed by atoms with E-state index in [0.717, 1.165) is 17.1 Å². The minimum absolute atomic E-state index is 0.369. The van der Waals surface area contributed by atoms with Crippen LogP contribution in [0.4, 0.5) is 0 Å². The Hall–Kier alpha value is -0.610. The minimum Gasteiger partial charge on any atom is -0.385 e. The largest absolute Gasteiger partial charge is 0.385 e. The average Bonchev–Trinajstić information content (AvgIpc) is 2.92. The van der Waals surface area contributed by atoms with Gasteiger partial charge in [0.25, 0.3) is 0 Å². The van der Waals surface area contributed by atoms with Crippen molar-refractivity contribution in [2.24, 2.45) is 0 Å². The van der Waals surface area contributed by atoms with Crippen LogP contribution in [-0.2, 0) is 11.3 Å². The predicted octanol–water partition coefficient (Wildman–Crippen LogP) is 1.72. The summed E-state index contributed by atoms with van der Waals surface area (Å²) in [5.74, 6) is 0. The molecule has 1 aliphatic carbocycles. The van der Waals surface area contributed by atoms with E-state index in [1.807, 2.05) is 24.3 Å². The molecule has 0 bridgehead atoms. The maximum atomic E-state index is 9.87. The molecule has 1 saturated carbocycles. The molecule has 0 aliphatic heterocycles. The summed E-state index contributed by atoms with van der Waals surface area (Å²) in [5.41, 5.74) is 0.969. The SMILES string of the molecule is O[C@H](C[NH2+]C1CCCC1)COCc1ccccc1Cl. The number of aliphatic hydroxyl groups excluding tert-OH is 1. The lowest BCUT2D eigenvalue weighted by Crippen LogP contribution is -2.91. The van der Waals surface area contributed by atoms with Crippen molar-refractivity contribution in [2.45, 2.75) is 44.4 Å². The molecule has 0 aromatic heterocycles. The molecule has 0 radical (unpaired) electrons. The van der Waals surface area contributed by atoms with E-state index < -0.39 is 6.10 Å². The zero-order valence-corrected chi connectivity index (χ0v) is 12.0. The van der Waals surface area contributed by atoms with Crippen molar-refractivity contribution < 1.29 is 15.2 Å². The molecular weight excluding hydrogens is 262 g/mol. The summed E-state index contributed by atoms with van der Waals surface area (Å²) in [4.78, 5) is 0. The maximum absolute atomic E-state index is 9.87. The van der Waals surface area contributed by atoms with Crippen molar-refractivity contribution in [2.75, 3.05) is 13.2 Å². The van der Waals surface area contributed by atoms with E-state index in [1.54, 1.807) is 0 Å². The predicted molar refractivity (Wildman–Crippen MR) is 76.2 cm³/mol. The van der Waals surface area contributed by atoms with Gasteiger partial charge in [0, 0.05) is 5.02 Å². The monoisotopic (exact) mass is 284 g/mol. The first-order valence-corrected chi connectivity index (χ1v) is 7.46. The minimum atomic E-state index is -0.400. The number of aliphatic hydroxyl groups is 1. The first-order valence-electron chi connectivity index (χ1n) is 7.08. The lowest BCUT2D eigenvalue weighted by Gasteiger charge is -2.13. The molecule has 0 unspecified atom stereocenters. The Bertz CT molecular complexity index is 380. The second kappa shape index (κ2) is 7.85. The summed E-state index contributed by atoms with van der Waals surface area (Å²) < 4.78 is 5.52. The highest BCUT2D eigenvalue weighted by Gasteiger charge is 2.19. The number of benzene rings is 1. The van der Waals surface area contributed by atoms with Crippen LogP contribution in [0.1, 0.15) is 31.2 Å². The topological polar surface area (TPSA) is 46.1 Å². The standard InChI is InChI=1S/C15H22ClNO2/c16-15-8-4-1-5-12(15)10-19-11-14(18)9-17-13-6-2-3-7-13/h1,4-5,8,13-14,17-18H,2-3,6-7,9-11H2/p+1/t14-/m1/s1. The smallest absolute Gasteiger partial charge is 0.126 e. The van der Waals surface area contributed by atoms with Crippen molar-refractivity contribution in [3.63, 3.8) is 0 Å². The lowest BCUT2D eigenvalue weighted by molar-refractivity contribution is -0.693. The number of quaternary nitrogens is 1. The van der Waals surface area contributed by atoms with Crippen LogP contribution in [0, 0.1) is 0 Å². The molecule has 2 rings (SSSR count). The summed E-state index contributed by atoms with van der Waals surface area (Å²) >= 11 is 6.04. The van der Waals surface area contributed by atoms with Crippen LogP contribution >= 0.6 is 11.6 Å². The molecule has 1 atom stereocenters. The molecule has 106 valence electrons. The molecule has 19 heavy (non-hydrogen) atoms. The van der Waals surface area contributed by atoms with Crippen LogP contribution in [0.5, 0.6) is 0 Å². The molecule has 1 fully saturated rings. The normalized spacial score (nSPS) is 17.8. The van der Waals surface area contributed by atoms with Gasteiger partial charge in [-0.1, -0.05) is 29.8 Å². The van der Waals surface area contributed by atoms with Crippen LogP contribution in [0.25, 0.3) is 0 Å². The molecule has 3 N–H and O–H groups in total. The van der Waals surface area contributed by atoms with E-state index in [0.29, 0.717) is 19.3 Å². The zero-order valence-electron chi connectivity index (χ0n) is 11.2. The van der Waals surface area contributed by atoms with E-state index in [4.69, 9.17) is 16.3 Å². The van der Waals surface area contributed by atoms with Crippen LogP contribution in [0.2, 0.25) is 5.02 Å². The Labute approximate surface area is 119 Å². The van der Waals surface area contributed by atoms with Gasteiger partial charge in [0.15, 0.2) is 0 Å². The van der Waals surface area contributed by atoms with Crippen LogP contribution < -0.4 is 5.32 Å². The van der Waals surface area contributed by atoms with Gasteiger partial charge in [-0.05, 0) is 37.3 Å². The van der Waals surface area contributed by atoms with E-state index in [9.17, 15) is 5.11 Å². The molecule has 0 spiro atoms. The number of rotatable bonds is 7. The van der Waals surface area contributed by atoms with Crippen molar-refractivity contribution >= 4 is 11.6 Å². The van der Waals surface area contributed by atoms with Gasteiger partial charge in [0.2, 0.25) is 0 Å². The summed E-state index contributed by atoms with van der Waals surface area (Å²) in [6, 6.07) is 8.34. The number of hydrogen-bond donors (Lipinski definition) is 2. The fourth-order valence-corrected chi connectivity index (χ4v) is 2.72. The van der Waals surface area contributed by atoms with Gasteiger partial charge in [-0.15, -0.1) is 0 Å². The summed E-state index contributed by atoms with van der Waals surface area (Å²) in [5, 5.41) is 12.8. The van der Waals surface area contributed by atoms with E-state index >= 15 is 0 Å². The highest BCUT2D eigenvalue weighted by Crippen LogP contribution is 2.16. The average molecular weight is 285 g/mol. The fourth-order valence-electron chi connectivity index (χ4n) is 2.53. The Morgan fingerprint density at radius 2 is 2.05 bits per heavy atom. The van der Waals surface area contributed by atoms with Crippen molar-refractivity contribution in [3.05, 3.63) is 34.9 Å². The van der Waals surface area contributed by atoms with Crippen molar-refractivity contribution in [3.8, 4) is 0 Å². The van der Waals surface area contributed by atoms with Crippen molar-refractivity contribution in [1.82, 2.24) is 0 Å². The molecule has 0 amide bonds. The third-order valence-electron chi connectivity index (χ3n) is 3.67. The Balaban J connectivity index is 1.61. The van der Waals surface area contributed by atoms with Gasteiger partial charge in [-0.25, -0.2) is 0 Å². The van der Waals surface area contributed by atoms with Gasteiger partial charge in [-0.2, -0.15) is 0 Å². The van der Waals surface area contributed by atoms with Gasteiger partial charge >= 0.3 is 0 Å². The van der Waals surface area contributed by atoms with E-state index in [2.05, 4.69) is 5.32 Å². The number of hydrogen-bond acceptors (Lipinski definition) is 2. The highest BCUT2D eigenvalue weighted by atomic mass is 35.5. The van der Waals surface area contributed by atoms with Gasteiger partial charge in [0.05, 0.1) is 19.3 Å². The van der Waals surface area contributed by atoms with E-state index in [1.165, 1.54) is 25.7 Å². The van der Waals surface area contributed by atoms with Crippen LogP contribution in [-0.4, -0.2) is 30.4 Å². The summed E-state index contributed by atoms with van der Waals surface area (Å²) in [6.07, 6.45) is 4.84. The van der Waals surface area contributed by atoms with E-state index in [-0.39, 0.29) is 0 Å². The maximum Gasteiger partial charge on any atom is 0.126 e. The summed E-state index contributed by atoms with van der Waals surface area (Å²) in [6.45, 7) is 1.56. The Kier molecular flexibility index (Phi) is 6.11. The zero-order chi connectivity index (χ0) is 13.5. The molecule has 3 nitrogen and oxygen atoms in total. The number of ether oxygens (including phenoxy) is 1. The van der Waals surface area contributed by atoms with Crippen LogP contribution in [0.3, 0.4) is 0 Å². The summed E-state index contributed by atoms with van der Waals surface area (Å²) in [7, 11) is 0. The van der Waals surface area contributed by atoms with Gasteiger partial charge in [0.1, 0.15) is 12.6 Å². The van der Waals surface area contributed by atoms with Gasteiger partial charge in [-0.3, -0.25) is 0 Å². The number of halogens is 1. The Morgan fingerprint density at radius 3 is 2.79 bits per heavy atom. The molecule has 4 heteroatoms. The van der Waals surface area contributed by atoms with Crippen LogP contribution in [0.15, 0.2) is 24.3 Å². The molecular formula is C15H23ClNO2+. The Morgan fingerprint density at radius 1 is 1.32 bits per heavy atom. The molecule has 1 aliphatic rings. The second-order valence-electron chi connectivity index (χ2n) is 5.28. The third-order valence-corrected chi connectivity index (χ3v) is 4.04. The first kappa shape index (κ1) is 14.8.